The maximum Gasteiger partial charge on any atom is 0.160 e. The zero-order chi connectivity index (χ0) is 40.5. The van der Waals surface area contributed by atoms with E-state index in [2.05, 4.69) is 213 Å². The second-order valence-electron chi connectivity index (χ2n) is 16.2. The predicted octanol–water partition coefficient (Wildman–Crippen LogP) is 15.7. The molecule has 0 spiro atoms. The molecule has 0 saturated carbocycles. The quantitative estimate of drug-likeness (QED) is 0.168. The number of rotatable bonds is 6. The van der Waals surface area contributed by atoms with Crippen LogP contribution in [0.5, 0.6) is 0 Å². The van der Waals surface area contributed by atoms with Crippen LogP contribution in [0.25, 0.3) is 98.2 Å². The lowest BCUT2D eigenvalue weighted by atomic mass is 9.74. The Bertz CT molecular complexity index is 3480. The first-order chi connectivity index (χ1) is 30.1. The number of hydrogen-bond acceptors (Lipinski definition) is 3. The van der Waals surface area contributed by atoms with Crippen molar-refractivity contribution >= 4 is 42.3 Å². The average molecular weight is 795 g/mol. The van der Waals surface area contributed by atoms with E-state index in [0.29, 0.717) is 5.82 Å². The van der Waals surface area contributed by atoms with Gasteiger partial charge in [-0.05, 0) is 92.0 Å². The third-order valence-electron chi connectivity index (χ3n) is 12.8. The van der Waals surface area contributed by atoms with Crippen LogP contribution >= 0.6 is 11.3 Å². The number of aromatic nitrogens is 2. The Morgan fingerprint density at radius 1 is 0.410 bits per heavy atom. The fourth-order valence-electron chi connectivity index (χ4n) is 9.78. The van der Waals surface area contributed by atoms with Crippen LogP contribution in [0.3, 0.4) is 0 Å². The molecular formula is C58H38N2S. The van der Waals surface area contributed by atoms with E-state index in [0.717, 1.165) is 33.6 Å². The topological polar surface area (TPSA) is 25.8 Å². The van der Waals surface area contributed by atoms with Gasteiger partial charge in [0.25, 0.3) is 0 Å². The largest absolute Gasteiger partial charge is 0.228 e. The number of hydrogen-bond donors (Lipinski definition) is 0. The maximum atomic E-state index is 5.37. The molecule has 0 radical (unpaired) electrons. The minimum absolute atomic E-state index is 0.310. The summed E-state index contributed by atoms with van der Waals surface area (Å²) in [5.74, 6) is 0.707. The van der Waals surface area contributed by atoms with Crippen LogP contribution in [0.1, 0.15) is 23.6 Å². The Balaban J connectivity index is 1.06. The van der Waals surface area contributed by atoms with Gasteiger partial charge in [0.15, 0.2) is 5.82 Å². The molecule has 0 fully saturated rings. The lowest BCUT2D eigenvalue weighted by molar-refractivity contribution is 0.714. The first kappa shape index (κ1) is 35.5. The Labute approximate surface area is 359 Å². The van der Waals surface area contributed by atoms with Gasteiger partial charge in [-0.3, -0.25) is 0 Å². The molecule has 0 saturated heterocycles. The monoisotopic (exact) mass is 794 g/mol. The smallest absolute Gasteiger partial charge is 0.160 e. The van der Waals surface area contributed by atoms with Crippen LogP contribution in [0.15, 0.2) is 212 Å². The Kier molecular flexibility index (Phi) is 8.19. The van der Waals surface area contributed by atoms with Crippen molar-refractivity contribution in [3.8, 4) is 67.3 Å². The number of fused-ring (bicyclic) bond motifs is 7. The van der Waals surface area contributed by atoms with E-state index in [4.69, 9.17) is 9.97 Å². The van der Waals surface area contributed by atoms with Crippen LogP contribution < -0.4 is 0 Å². The maximum absolute atomic E-state index is 5.37. The first-order valence-electron chi connectivity index (χ1n) is 20.9. The van der Waals surface area contributed by atoms with E-state index < -0.39 is 0 Å². The van der Waals surface area contributed by atoms with Crippen LogP contribution in [-0.2, 0) is 5.41 Å². The molecule has 12 rings (SSSR count). The predicted molar refractivity (Wildman–Crippen MR) is 257 cm³/mol. The molecule has 61 heavy (non-hydrogen) atoms. The molecule has 1 aliphatic carbocycles. The van der Waals surface area contributed by atoms with Crippen molar-refractivity contribution in [2.75, 3.05) is 0 Å². The zero-order valence-electron chi connectivity index (χ0n) is 33.5. The van der Waals surface area contributed by atoms with Gasteiger partial charge >= 0.3 is 0 Å². The van der Waals surface area contributed by atoms with Crippen molar-refractivity contribution in [1.82, 2.24) is 9.97 Å². The van der Waals surface area contributed by atoms with Crippen LogP contribution in [0.2, 0.25) is 0 Å². The van der Waals surface area contributed by atoms with Crippen molar-refractivity contribution in [2.45, 2.75) is 12.3 Å². The molecule has 3 heteroatoms. The van der Waals surface area contributed by atoms with Crippen molar-refractivity contribution in [3.05, 3.63) is 229 Å². The summed E-state index contributed by atoms with van der Waals surface area (Å²) in [6, 6.07) is 76.9. The summed E-state index contributed by atoms with van der Waals surface area (Å²) in [5, 5.41) is 5.09. The molecule has 1 atom stereocenters. The van der Waals surface area contributed by atoms with E-state index in [-0.39, 0.29) is 5.41 Å². The molecule has 0 aliphatic heterocycles. The Morgan fingerprint density at radius 3 is 1.80 bits per heavy atom. The fourth-order valence-corrected chi connectivity index (χ4v) is 11.1. The molecule has 0 amide bonds. The minimum atomic E-state index is -0.310. The summed E-state index contributed by atoms with van der Waals surface area (Å²) in [6.45, 7) is 2.37. The summed E-state index contributed by atoms with van der Waals surface area (Å²) >= 11 is 1.89. The summed E-state index contributed by atoms with van der Waals surface area (Å²) in [6.07, 6.45) is 0. The van der Waals surface area contributed by atoms with Gasteiger partial charge in [-0.2, -0.15) is 0 Å². The minimum Gasteiger partial charge on any atom is -0.228 e. The lowest BCUT2D eigenvalue weighted by Crippen LogP contribution is -2.22. The number of nitrogens with zero attached hydrogens (tertiary/aromatic N) is 2. The van der Waals surface area contributed by atoms with Crippen LogP contribution in [-0.4, -0.2) is 9.97 Å². The van der Waals surface area contributed by atoms with E-state index in [9.17, 15) is 0 Å². The van der Waals surface area contributed by atoms with E-state index >= 15 is 0 Å². The summed E-state index contributed by atoms with van der Waals surface area (Å²) in [5.41, 5.74) is 15.9. The molecule has 0 N–H and O–H groups in total. The van der Waals surface area contributed by atoms with Crippen molar-refractivity contribution in [3.63, 3.8) is 0 Å². The summed E-state index contributed by atoms with van der Waals surface area (Å²) in [7, 11) is 0. The number of thiophene rings is 1. The molecule has 9 aromatic carbocycles. The van der Waals surface area contributed by atoms with E-state index in [1.807, 2.05) is 17.4 Å². The highest BCUT2D eigenvalue weighted by molar-refractivity contribution is 7.26. The van der Waals surface area contributed by atoms with Gasteiger partial charge < -0.3 is 0 Å². The third kappa shape index (κ3) is 5.69. The number of benzene rings is 9. The molecule has 0 bridgehead atoms. The molecule has 2 nitrogen and oxygen atoms in total. The van der Waals surface area contributed by atoms with Crippen LogP contribution in [0.4, 0.5) is 0 Å². The first-order valence-corrected chi connectivity index (χ1v) is 21.7. The normalized spacial score (nSPS) is 14.4. The van der Waals surface area contributed by atoms with Gasteiger partial charge in [0.1, 0.15) is 0 Å². The SMILES string of the molecule is CC1(c2ccccc2)c2ccccc2-c2c(-c3cc(-c4cccc(-c5ccc(-c6ccccc6)c6sc7cc8ccccc8cc7c56)c4)nc(-c4ccccc4)n3)cccc21. The molecule has 286 valence electrons. The van der Waals surface area contributed by atoms with Gasteiger partial charge in [0.05, 0.1) is 11.4 Å². The summed E-state index contributed by atoms with van der Waals surface area (Å²) < 4.78 is 2.60. The standard InChI is InChI=1S/C58H38N2S/c1-58(43-25-9-4-10-26-43)49-29-14-13-27-46(49)54-47(28-16-30-50(54)58)52-36-51(59-57(60-52)38-19-7-3-8-20-38)42-24-15-23-41(33-42)44-31-32-45(37-17-5-2-6-18-37)56-55(44)48-34-39-21-11-12-22-40(39)35-53(48)61-56/h2-36H,1H3. The van der Waals surface area contributed by atoms with E-state index in [1.54, 1.807) is 0 Å². The summed E-state index contributed by atoms with van der Waals surface area (Å²) in [4.78, 5) is 10.7. The van der Waals surface area contributed by atoms with Crippen molar-refractivity contribution in [1.29, 1.82) is 0 Å². The van der Waals surface area contributed by atoms with Crippen LogP contribution in [0, 0.1) is 0 Å². The second-order valence-corrected chi connectivity index (χ2v) is 17.3. The molecule has 2 aromatic heterocycles. The average Bonchev–Trinajstić information content (AvgIpc) is 3.84. The third-order valence-corrected chi connectivity index (χ3v) is 14.0. The molecule has 1 unspecified atom stereocenters. The van der Waals surface area contributed by atoms with Gasteiger partial charge in [0.2, 0.25) is 0 Å². The van der Waals surface area contributed by atoms with Gasteiger partial charge in [-0.15, -0.1) is 11.3 Å². The molecular weight excluding hydrogens is 757 g/mol. The lowest BCUT2D eigenvalue weighted by Gasteiger charge is -2.28. The highest BCUT2D eigenvalue weighted by atomic mass is 32.1. The van der Waals surface area contributed by atoms with Crippen molar-refractivity contribution in [2.24, 2.45) is 0 Å². The van der Waals surface area contributed by atoms with Gasteiger partial charge in [0, 0.05) is 42.3 Å². The fraction of sp³-hybridized carbons (Fsp3) is 0.0345. The van der Waals surface area contributed by atoms with Gasteiger partial charge in [-0.25, -0.2) is 9.97 Å². The molecule has 2 heterocycles. The highest BCUT2D eigenvalue weighted by Crippen LogP contribution is 2.55. The second kappa shape index (κ2) is 14.1. The van der Waals surface area contributed by atoms with Gasteiger partial charge in [-0.1, -0.05) is 188 Å². The van der Waals surface area contributed by atoms with E-state index in [1.165, 1.54) is 75.5 Å². The highest BCUT2D eigenvalue weighted by Gasteiger charge is 2.41. The molecule has 11 aromatic rings. The zero-order valence-corrected chi connectivity index (χ0v) is 34.3. The Hall–Kier alpha value is -7.46. The Morgan fingerprint density at radius 2 is 1.00 bits per heavy atom. The molecule has 1 aliphatic rings. The van der Waals surface area contributed by atoms with Crippen molar-refractivity contribution < 1.29 is 0 Å².